The van der Waals surface area contributed by atoms with Crippen LogP contribution < -0.4 is 5.56 Å². The van der Waals surface area contributed by atoms with Crippen molar-refractivity contribution in [3.63, 3.8) is 0 Å². The van der Waals surface area contributed by atoms with Crippen LogP contribution in [0.1, 0.15) is 22.5 Å². The zero-order chi connectivity index (χ0) is 25.7. The first-order valence-electron chi connectivity index (χ1n) is 11.9. The zero-order valence-corrected chi connectivity index (χ0v) is 21.3. The molecule has 0 aliphatic heterocycles. The van der Waals surface area contributed by atoms with Crippen molar-refractivity contribution >= 4 is 39.7 Å². The first-order chi connectivity index (χ1) is 17.9. The third-order valence-corrected chi connectivity index (χ3v) is 6.76. The molecule has 3 aromatic carbocycles. The maximum atomic E-state index is 13.6. The fourth-order valence-corrected chi connectivity index (χ4v) is 4.82. The molecule has 0 aliphatic carbocycles. The Morgan fingerprint density at radius 3 is 2.54 bits per heavy atom. The first kappa shape index (κ1) is 23.0. The maximum absolute atomic E-state index is 13.6. The van der Waals surface area contributed by atoms with E-state index in [9.17, 15) is 4.79 Å². The highest BCUT2D eigenvalue weighted by Gasteiger charge is 2.17. The molecule has 182 valence electrons. The number of furan rings is 1. The lowest BCUT2D eigenvalue weighted by Gasteiger charge is -2.10. The molecule has 0 atom stereocenters. The summed E-state index contributed by atoms with van der Waals surface area (Å²) in [5.41, 5.74) is 6.23. The van der Waals surface area contributed by atoms with E-state index in [1.54, 1.807) is 24.4 Å². The van der Waals surface area contributed by atoms with E-state index in [4.69, 9.17) is 21.0 Å². The Hall–Kier alpha value is -4.42. The fraction of sp³-hybridized carbons (Fsp3) is 0.100. The van der Waals surface area contributed by atoms with Gasteiger partial charge in [-0.1, -0.05) is 41.4 Å². The fourth-order valence-electron chi connectivity index (χ4n) is 4.64. The second-order valence-corrected chi connectivity index (χ2v) is 9.54. The average Bonchev–Trinajstić information content (AvgIpc) is 3.43. The number of nitrogens with zero attached hydrogens (tertiary/aromatic N) is 4. The Balaban J connectivity index is 1.51. The van der Waals surface area contributed by atoms with Gasteiger partial charge in [0.1, 0.15) is 5.58 Å². The van der Waals surface area contributed by atoms with Gasteiger partial charge < -0.3 is 8.98 Å². The lowest BCUT2D eigenvalue weighted by atomic mass is 10.2. The van der Waals surface area contributed by atoms with Crippen LogP contribution in [-0.2, 0) is 0 Å². The molecule has 0 amide bonds. The Morgan fingerprint density at radius 2 is 1.73 bits per heavy atom. The summed E-state index contributed by atoms with van der Waals surface area (Å²) in [6.07, 6.45) is 1.70. The topological polar surface area (TPSA) is 65.3 Å². The molecule has 0 saturated heterocycles. The van der Waals surface area contributed by atoms with Crippen LogP contribution in [0.5, 0.6) is 0 Å². The molecule has 0 bridgehead atoms. The summed E-state index contributed by atoms with van der Waals surface area (Å²) in [5, 5.41) is 6.53. The van der Waals surface area contributed by atoms with E-state index in [0.717, 1.165) is 28.0 Å². The molecular weight excluding hydrogens is 484 g/mol. The van der Waals surface area contributed by atoms with Crippen molar-refractivity contribution in [1.82, 2.24) is 14.2 Å². The number of hydrogen-bond donors (Lipinski definition) is 0. The van der Waals surface area contributed by atoms with Gasteiger partial charge in [0.05, 0.1) is 17.1 Å². The van der Waals surface area contributed by atoms with Crippen LogP contribution in [0.3, 0.4) is 0 Å². The predicted molar refractivity (Wildman–Crippen MR) is 149 cm³/mol. The van der Waals surface area contributed by atoms with Crippen LogP contribution >= 0.6 is 11.6 Å². The minimum absolute atomic E-state index is 0.275. The third-order valence-electron chi connectivity index (χ3n) is 6.53. The summed E-state index contributed by atoms with van der Waals surface area (Å²) >= 11 is 6.17. The maximum Gasteiger partial charge on any atom is 0.282 e. The molecule has 0 spiro atoms. The van der Waals surface area contributed by atoms with Gasteiger partial charge in [-0.15, -0.1) is 0 Å². The van der Waals surface area contributed by atoms with Crippen LogP contribution in [0.15, 0.2) is 93.2 Å². The molecule has 37 heavy (non-hydrogen) atoms. The van der Waals surface area contributed by atoms with Gasteiger partial charge in [-0.05, 0) is 75.4 Å². The Labute approximate surface area is 218 Å². The van der Waals surface area contributed by atoms with Crippen molar-refractivity contribution in [3.8, 4) is 17.3 Å². The second kappa shape index (κ2) is 8.91. The van der Waals surface area contributed by atoms with Crippen LogP contribution in [-0.4, -0.2) is 20.4 Å². The van der Waals surface area contributed by atoms with Crippen molar-refractivity contribution in [3.05, 3.63) is 117 Å². The van der Waals surface area contributed by atoms with Gasteiger partial charge in [0.15, 0.2) is 5.76 Å². The number of rotatable bonds is 4. The highest BCUT2D eigenvalue weighted by Crippen LogP contribution is 2.29. The predicted octanol–water partition coefficient (Wildman–Crippen LogP) is 7.06. The van der Waals surface area contributed by atoms with E-state index in [1.165, 1.54) is 10.2 Å². The Morgan fingerprint density at radius 1 is 0.946 bits per heavy atom. The zero-order valence-electron chi connectivity index (χ0n) is 20.6. The third kappa shape index (κ3) is 4.05. The largest absolute Gasteiger partial charge is 0.453 e. The van der Waals surface area contributed by atoms with Gasteiger partial charge in [0.2, 0.25) is 5.82 Å². The van der Waals surface area contributed by atoms with Gasteiger partial charge >= 0.3 is 0 Å². The van der Waals surface area contributed by atoms with E-state index in [2.05, 4.69) is 53.8 Å². The molecule has 6 aromatic rings. The molecule has 0 radical (unpaired) electrons. The number of fused-ring (bicyclic) bond motifs is 2. The molecule has 0 N–H and O–H groups in total. The van der Waals surface area contributed by atoms with Crippen molar-refractivity contribution in [2.45, 2.75) is 20.8 Å². The summed E-state index contributed by atoms with van der Waals surface area (Å²) in [4.78, 5) is 18.3. The molecule has 0 aliphatic rings. The first-order valence-corrected chi connectivity index (χ1v) is 12.3. The second-order valence-electron chi connectivity index (χ2n) is 9.10. The van der Waals surface area contributed by atoms with Crippen LogP contribution in [0.25, 0.3) is 39.1 Å². The minimum Gasteiger partial charge on any atom is -0.453 e. The summed E-state index contributed by atoms with van der Waals surface area (Å²) in [7, 11) is 0. The van der Waals surface area contributed by atoms with Gasteiger partial charge in [-0.2, -0.15) is 9.78 Å². The van der Waals surface area contributed by atoms with E-state index in [0.29, 0.717) is 33.1 Å². The number of aromatic nitrogens is 3. The smallest absolute Gasteiger partial charge is 0.282 e. The van der Waals surface area contributed by atoms with Crippen LogP contribution in [0.2, 0.25) is 5.02 Å². The number of aryl methyl sites for hydroxylation is 2. The summed E-state index contributed by atoms with van der Waals surface area (Å²) < 4.78 is 9.54. The summed E-state index contributed by atoms with van der Waals surface area (Å²) in [6, 6.07) is 24.9. The summed E-state index contributed by atoms with van der Waals surface area (Å²) in [5.74, 6) is 0.752. The lowest BCUT2D eigenvalue weighted by molar-refractivity contribution is 0.616. The molecule has 3 heterocycles. The summed E-state index contributed by atoms with van der Waals surface area (Å²) in [6.45, 7) is 6.17. The average molecular weight is 507 g/mol. The van der Waals surface area contributed by atoms with Gasteiger partial charge in [0.25, 0.3) is 5.56 Å². The standard InChI is InChI=1S/C30H23ClN4O2/c1-18-8-11-24(12-9-18)34-19(2)14-22(20(34)3)17-32-35-29(33-26-7-5-4-6-25(26)30(35)36)28-16-21-15-23(31)10-13-27(21)37-28/h4-17H,1-3H3. The number of halogens is 1. The van der Waals surface area contributed by atoms with Crippen molar-refractivity contribution < 1.29 is 4.42 Å². The Bertz CT molecular complexity index is 1890. The van der Waals surface area contributed by atoms with Crippen molar-refractivity contribution in [1.29, 1.82) is 0 Å². The molecule has 7 heteroatoms. The van der Waals surface area contributed by atoms with E-state index in [-0.39, 0.29) is 5.56 Å². The number of benzene rings is 3. The van der Waals surface area contributed by atoms with E-state index < -0.39 is 0 Å². The SMILES string of the molecule is Cc1ccc(-n2c(C)cc(C=Nn3c(-c4cc5cc(Cl)ccc5o4)nc4ccccc4c3=O)c2C)cc1. The quantitative estimate of drug-likeness (QED) is 0.240. The van der Waals surface area contributed by atoms with Crippen molar-refractivity contribution in [2.24, 2.45) is 5.10 Å². The minimum atomic E-state index is -0.275. The molecule has 0 unspecified atom stereocenters. The van der Waals surface area contributed by atoms with Crippen LogP contribution in [0, 0.1) is 20.8 Å². The molecular formula is C30H23ClN4O2. The van der Waals surface area contributed by atoms with E-state index >= 15 is 0 Å². The Kier molecular flexibility index (Phi) is 5.54. The van der Waals surface area contributed by atoms with Crippen LogP contribution in [0.4, 0.5) is 0 Å². The van der Waals surface area contributed by atoms with Gasteiger partial charge in [-0.3, -0.25) is 4.79 Å². The highest BCUT2D eigenvalue weighted by molar-refractivity contribution is 6.31. The molecule has 6 nitrogen and oxygen atoms in total. The normalized spacial score (nSPS) is 11.8. The van der Waals surface area contributed by atoms with Gasteiger partial charge in [0, 0.05) is 33.0 Å². The lowest BCUT2D eigenvalue weighted by Crippen LogP contribution is -2.20. The molecule has 3 aromatic heterocycles. The van der Waals surface area contributed by atoms with Crippen molar-refractivity contribution in [2.75, 3.05) is 0 Å². The molecule has 6 rings (SSSR count). The van der Waals surface area contributed by atoms with Gasteiger partial charge in [-0.25, -0.2) is 4.98 Å². The number of para-hydroxylation sites is 1. The monoisotopic (exact) mass is 506 g/mol. The molecule has 0 saturated carbocycles. The highest BCUT2D eigenvalue weighted by atomic mass is 35.5. The van der Waals surface area contributed by atoms with E-state index in [1.807, 2.05) is 37.3 Å². The molecule has 0 fully saturated rings. The number of hydrogen-bond acceptors (Lipinski definition) is 4.